The Kier molecular flexibility index (Phi) is 4.88. The van der Waals surface area contributed by atoms with Crippen molar-refractivity contribution >= 4 is 27.6 Å². The van der Waals surface area contributed by atoms with Crippen LogP contribution in [0.1, 0.15) is 13.8 Å². The molecule has 1 saturated heterocycles. The fraction of sp³-hybridized carbons (Fsp3) is 0.500. The van der Waals surface area contributed by atoms with Crippen LogP contribution in [0.5, 0.6) is 5.75 Å². The summed E-state index contributed by atoms with van der Waals surface area (Å²) >= 11 is 3.40. The molecular weight excluding hydrogens is 324 g/mol. The highest BCUT2D eigenvalue weighted by Gasteiger charge is 2.25. The third kappa shape index (κ3) is 3.64. The molecule has 1 aromatic rings. The van der Waals surface area contributed by atoms with E-state index in [1.54, 1.807) is 12.0 Å². The molecule has 0 radical (unpaired) electrons. The molecule has 0 spiro atoms. The first-order valence-electron chi connectivity index (χ1n) is 6.54. The summed E-state index contributed by atoms with van der Waals surface area (Å²) in [7, 11) is 1.61. The van der Waals surface area contributed by atoms with Gasteiger partial charge in [0.05, 0.1) is 23.8 Å². The van der Waals surface area contributed by atoms with E-state index in [1.807, 2.05) is 32.0 Å². The average molecular weight is 343 g/mol. The van der Waals surface area contributed by atoms with Crippen molar-refractivity contribution in [3.8, 4) is 5.75 Å². The minimum Gasteiger partial charge on any atom is -0.496 e. The number of methoxy groups -OCH3 is 1. The van der Waals surface area contributed by atoms with Gasteiger partial charge >= 0.3 is 6.03 Å². The number of ether oxygens (including phenoxy) is 2. The quantitative estimate of drug-likeness (QED) is 0.898. The van der Waals surface area contributed by atoms with E-state index in [9.17, 15) is 4.79 Å². The average Bonchev–Trinajstić information content (AvgIpc) is 2.37. The summed E-state index contributed by atoms with van der Waals surface area (Å²) in [5.41, 5.74) is 0.731. The molecule has 1 aromatic carbocycles. The summed E-state index contributed by atoms with van der Waals surface area (Å²) < 4.78 is 11.6. The molecule has 20 heavy (non-hydrogen) atoms. The highest BCUT2D eigenvalue weighted by molar-refractivity contribution is 9.10. The number of anilines is 1. The van der Waals surface area contributed by atoms with Crippen LogP contribution in [-0.4, -0.2) is 43.3 Å². The van der Waals surface area contributed by atoms with Gasteiger partial charge in [-0.25, -0.2) is 4.79 Å². The number of benzene rings is 1. The standard InChI is InChI=1S/C14H19BrN2O3/c1-9-7-17(8-10(2)20-9)14(18)16-11-4-5-13(19-3)12(15)6-11/h4-6,9-10H,7-8H2,1-3H3,(H,16,18)/t9-,10-/m0/s1. The van der Waals surface area contributed by atoms with Crippen LogP contribution in [0.25, 0.3) is 0 Å². The zero-order valence-corrected chi connectivity index (χ0v) is 13.4. The number of rotatable bonds is 2. The van der Waals surface area contributed by atoms with Crippen LogP contribution in [0, 0.1) is 0 Å². The Morgan fingerprint density at radius 3 is 2.60 bits per heavy atom. The normalized spacial score (nSPS) is 22.5. The van der Waals surface area contributed by atoms with Gasteiger partial charge in [-0.1, -0.05) is 0 Å². The molecule has 0 bridgehead atoms. The number of hydrogen-bond donors (Lipinski definition) is 1. The summed E-state index contributed by atoms with van der Waals surface area (Å²) in [5.74, 6) is 0.733. The van der Waals surface area contributed by atoms with Gasteiger partial charge in [-0.05, 0) is 48.0 Å². The monoisotopic (exact) mass is 342 g/mol. The Hall–Kier alpha value is -1.27. The van der Waals surface area contributed by atoms with Gasteiger partial charge in [0.2, 0.25) is 0 Å². The molecule has 2 rings (SSSR count). The van der Waals surface area contributed by atoms with Gasteiger partial charge in [-0.3, -0.25) is 0 Å². The molecule has 0 aromatic heterocycles. The smallest absolute Gasteiger partial charge is 0.322 e. The molecule has 1 aliphatic heterocycles. The molecule has 0 unspecified atom stereocenters. The number of amides is 2. The van der Waals surface area contributed by atoms with E-state index in [-0.39, 0.29) is 18.2 Å². The van der Waals surface area contributed by atoms with E-state index in [0.717, 1.165) is 15.9 Å². The summed E-state index contributed by atoms with van der Waals surface area (Å²) in [6.45, 7) is 5.15. The minimum absolute atomic E-state index is 0.0621. The molecule has 0 aliphatic carbocycles. The number of halogens is 1. The number of carbonyl (C=O) groups is 1. The summed E-state index contributed by atoms with van der Waals surface area (Å²) in [6.07, 6.45) is 0.124. The Balaban J connectivity index is 2.02. The minimum atomic E-state index is -0.107. The third-order valence-corrected chi connectivity index (χ3v) is 3.73. The number of hydrogen-bond acceptors (Lipinski definition) is 3. The molecule has 6 heteroatoms. The zero-order chi connectivity index (χ0) is 14.7. The SMILES string of the molecule is COc1ccc(NC(=O)N2C[C@H](C)O[C@@H](C)C2)cc1Br. The lowest BCUT2D eigenvalue weighted by Gasteiger charge is -2.35. The molecule has 5 nitrogen and oxygen atoms in total. The zero-order valence-electron chi connectivity index (χ0n) is 11.9. The van der Waals surface area contributed by atoms with Crippen LogP contribution in [0.2, 0.25) is 0 Å². The number of nitrogens with one attached hydrogen (secondary N) is 1. The Labute approximate surface area is 127 Å². The van der Waals surface area contributed by atoms with Crippen molar-refractivity contribution in [1.29, 1.82) is 0 Å². The van der Waals surface area contributed by atoms with Crippen LogP contribution in [0.3, 0.4) is 0 Å². The van der Waals surface area contributed by atoms with Crippen LogP contribution >= 0.6 is 15.9 Å². The highest BCUT2D eigenvalue weighted by atomic mass is 79.9. The van der Waals surface area contributed by atoms with Crippen molar-refractivity contribution in [3.05, 3.63) is 22.7 Å². The van der Waals surface area contributed by atoms with Crippen LogP contribution in [0.15, 0.2) is 22.7 Å². The largest absolute Gasteiger partial charge is 0.496 e. The van der Waals surface area contributed by atoms with E-state index in [4.69, 9.17) is 9.47 Å². The molecule has 0 saturated carbocycles. The van der Waals surface area contributed by atoms with Crippen molar-refractivity contribution < 1.29 is 14.3 Å². The van der Waals surface area contributed by atoms with Crippen molar-refractivity contribution in [2.24, 2.45) is 0 Å². The molecule has 1 N–H and O–H groups in total. The van der Waals surface area contributed by atoms with Gasteiger partial charge in [0, 0.05) is 18.8 Å². The first kappa shape index (κ1) is 15.1. The van der Waals surface area contributed by atoms with Gasteiger partial charge in [0.25, 0.3) is 0 Å². The second-order valence-electron chi connectivity index (χ2n) is 4.94. The lowest BCUT2D eigenvalue weighted by molar-refractivity contribution is -0.0530. The van der Waals surface area contributed by atoms with Gasteiger partial charge in [0.1, 0.15) is 5.75 Å². The molecule has 1 fully saturated rings. The third-order valence-electron chi connectivity index (χ3n) is 3.11. The second-order valence-corrected chi connectivity index (χ2v) is 5.80. The van der Waals surface area contributed by atoms with Crippen LogP contribution < -0.4 is 10.1 Å². The second kappa shape index (κ2) is 6.45. The number of morpholine rings is 1. The summed E-state index contributed by atoms with van der Waals surface area (Å²) in [5, 5.41) is 2.89. The molecular formula is C14H19BrN2O3. The maximum atomic E-state index is 12.2. The first-order valence-corrected chi connectivity index (χ1v) is 7.34. The Bertz CT molecular complexity index is 485. The first-order chi connectivity index (χ1) is 9.49. The Morgan fingerprint density at radius 1 is 1.40 bits per heavy atom. The highest BCUT2D eigenvalue weighted by Crippen LogP contribution is 2.28. The molecule has 1 heterocycles. The van der Waals surface area contributed by atoms with Gasteiger partial charge < -0.3 is 19.7 Å². The summed E-state index contributed by atoms with van der Waals surface area (Å²) in [6, 6.07) is 5.34. The van der Waals surface area contributed by atoms with Gasteiger partial charge in [0.15, 0.2) is 0 Å². The van der Waals surface area contributed by atoms with E-state index >= 15 is 0 Å². The summed E-state index contributed by atoms with van der Waals surface area (Å²) in [4.78, 5) is 14.0. The van der Waals surface area contributed by atoms with Crippen molar-refractivity contribution in [2.75, 3.05) is 25.5 Å². The number of nitrogens with zero attached hydrogens (tertiary/aromatic N) is 1. The lowest BCUT2D eigenvalue weighted by atomic mass is 10.2. The van der Waals surface area contributed by atoms with E-state index in [2.05, 4.69) is 21.2 Å². The predicted octanol–water partition coefficient (Wildman–Crippen LogP) is 3.10. The van der Waals surface area contributed by atoms with Crippen molar-refractivity contribution in [3.63, 3.8) is 0 Å². The maximum absolute atomic E-state index is 12.2. The van der Waals surface area contributed by atoms with Crippen molar-refractivity contribution in [1.82, 2.24) is 4.90 Å². The van der Waals surface area contributed by atoms with Crippen molar-refractivity contribution in [2.45, 2.75) is 26.1 Å². The molecule has 110 valence electrons. The molecule has 2 atom stereocenters. The fourth-order valence-corrected chi connectivity index (χ4v) is 2.83. The lowest BCUT2D eigenvalue weighted by Crippen LogP contribution is -2.49. The van der Waals surface area contributed by atoms with E-state index in [0.29, 0.717) is 13.1 Å². The maximum Gasteiger partial charge on any atom is 0.322 e. The number of urea groups is 1. The molecule has 1 aliphatic rings. The van der Waals surface area contributed by atoms with Gasteiger partial charge in [-0.15, -0.1) is 0 Å². The van der Waals surface area contributed by atoms with Crippen LogP contribution in [-0.2, 0) is 4.74 Å². The Morgan fingerprint density at radius 2 is 2.05 bits per heavy atom. The number of carbonyl (C=O) groups excluding carboxylic acids is 1. The fourth-order valence-electron chi connectivity index (χ4n) is 2.29. The predicted molar refractivity (Wildman–Crippen MR) is 81.3 cm³/mol. The van der Waals surface area contributed by atoms with Crippen LogP contribution in [0.4, 0.5) is 10.5 Å². The van der Waals surface area contributed by atoms with E-state index in [1.165, 1.54) is 0 Å². The molecule has 2 amide bonds. The topological polar surface area (TPSA) is 50.8 Å². The van der Waals surface area contributed by atoms with E-state index < -0.39 is 0 Å². The van der Waals surface area contributed by atoms with Gasteiger partial charge in [-0.2, -0.15) is 0 Å².